The molecule has 0 aromatic heterocycles. The fourth-order valence-corrected chi connectivity index (χ4v) is 3.91. The van der Waals surface area contributed by atoms with E-state index in [1.807, 2.05) is 24.3 Å². The molecule has 1 aliphatic rings. The molecular weight excluding hydrogens is 390 g/mol. The summed E-state index contributed by atoms with van der Waals surface area (Å²) in [5.41, 5.74) is 2.06. The minimum atomic E-state index is -0.0181. The number of amides is 1. The molecule has 2 aromatic carbocycles. The van der Waals surface area contributed by atoms with Crippen molar-refractivity contribution in [2.45, 2.75) is 12.5 Å². The molecule has 0 aliphatic carbocycles. The Morgan fingerprint density at radius 2 is 1.85 bits per heavy atom. The number of nitrogens with zero attached hydrogens (tertiary/aromatic N) is 2. The molecular formula is C21H26BrN3O. The van der Waals surface area contributed by atoms with Gasteiger partial charge in [-0.2, -0.15) is 0 Å². The maximum Gasteiger partial charge on any atom is 0.252 e. The van der Waals surface area contributed by atoms with Gasteiger partial charge in [0.15, 0.2) is 0 Å². The van der Waals surface area contributed by atoms with E-state index in [0.29, 0.717) is 18.2 Å². The third-order valence-corrected chi connectivity index (χ3v) is 5.60. The second-order valence-corrected chi connectivity index (χ2v) is 7.67. The van der Waals surface area contributed by atoms with E-state index < -0.39 is 0 Å². The number of hydrogen-bond acceptors (Lipinski definition) is 3. The van der Waals surface area contributed by atoms with Gasteiger partial charge in [-0.3, -0.25) is 9.69 Å². The molecule has 5 heteroatoms. The summed E-state index contributed by atoms with van der Waals surface area (Å²) in [7, 11) is 2.19. The van der Waals surface area contributed by atoms with Gasteiger partial charge in [-0.05, 0) is 47.1 Å². The summed E-state index contributed by atoms with van der Waals surface area (Å²) in [4.78, 5) is 17.2. The molecule has 1 aliphatic heterocycles. The third-order valence-electron chi connectivity index (χ3n) is 4.90. The zero-order valence-corrected chi connectivity index (χ0v) is 16.8. The molecule has 1 fully saturated rings. The van der Waals surface area contributed by atoms with Crippen molar-refractivity contribution in [1.82, 2.24) is 15.1 Å². The summed E-state index contributed by atoms with van der Waals surface area (Å²) in [6.45, 7) is 4.88. The topological polar surface area (TPSA) is 35.6 Å². The Balaban J connectivity index is 1.51. The van der Waals surface area contributed by atoms with Crippen LogP contribution in [0.4, 0.5) is 0 Å². The molecule has 138 valence electrons. The minimum Gasteiger partial charge on any atom is -0.352 e. The van der Waals surface area contributed by atoms with Crippen LogP contribution < -0.4 is 5.32 Å². The quantitative estimate of drug-likeness (QED) is 0.732. The Morgan fingerprint density at radius 1 is 1.12 bits per heavy atom. The average molecular weight is 416 g/mol. The highest BCUT2D eigenvalue weighted by Gasteiger charge is 2.25. The monoisotopic (exact) mass is 415 g/mol. The fraction of sp³-hybridized carbons (Fsp3) is 0.381. The molecule has 1 heterocycles. The standard InChI is InChI=1S/C21H26BrN3O/c1-24-14-15-25(20(16-24)17-8-3-2-4-9-17)13-7-12-23-21(26)18-10-5-6-11-19(18)22/h2-6,8-11,20H,7,12-16H2,1H3,(H,23,26). The highest BCUT2D eigenvalue weighted by atomic mass is 79.9. The van der Waals surface area contributed by atoms with Crippen molar-refractivity contribution in [3.05, 3.63) is 70.2 Å². The largest absolute Gasteiger partial charge is 0.352 e. The molecule has 0 radical (unpaired) electrons. The van der Waals surface area contributed by atoms with Crippen LogP contribution in [0.1, 0.15) is 28.4 Å². The first-order chi connectivity index (χ1) is 12.6. The van der Waals surface area contributed by atoms with Gasteiger partial charge in [0.05, 0.1) is 5.56 Å². The molecule has 0 saturated carbocycles. The van der Waals surface area contributed by atoms with Gasteiger partial charge in [0.2, 0.25) is 0 Å². The number of likely N-dealkylation sites (N-methyl/N-ethyl adjacent to an activating group) is 1. The SMILES string of the molecule is CN1CCN(CCCNC(=O)c2ccccc2Br)C(c2ccccc2)C1. The van der Waals surface area contributed by atoms with Crippen molar-refractivity contribution in [1.29, 1.82) is 0 Å². The lowest BCUT2D eigenvalue weighted by molar-refractivity contribution is 0.0865. The smallest absolute Gasteiger partial charge is 0.252 e. The van der Waals surface area contributed by atoms with E-state index in [1.54, 1.807) is 0 Å². The highest BCUT2D eigenvalue weighted by Crippen LogP contribution is 2.24. The molecule has 0 spiro atoms. The van der Waals surface area contributed by atoms with Crippen molar-refractivity contribution < 1.29 is 4.79 Å². The molecule has 3 rings (SSSR count). The van der Waals surface area contributed by atoms with E-state index in [-0.39, 0.29) is 5.91 Å². The lowest BCUT2D eigenvalue weighted by Crippen LogP contribution is -2.47. The van der Waals surface area contributed by atoms with Crippen LogP contribution >= 0.6 is 15.9 Å². The normalized spacial score (nSPS) is 18.6. The predicted molar refractivity (Wildman–Crippen MR) is 109 cm³/mol. The van der Waals surface area contributed by atoms with Gasteiger partial charge >= 0.3 is 0 Å². The van der Waals surface area contributed by atoms with Gasteiger partial charge in [0.1, 0.15) is 0 Å². The minimum absolute atomic E-state index is 0.0181. The number of benzene rings is 2. The van der Waals surface area contributed by atoms with E-state index in [4.69, 9.17) is 0 Å². The molecule has 26 heavy (non-hydrogen) atoms. The first-order valence-corrected chi connectivity index (χ1v) is 9.94. The van der Waals surface area contributed by atoms with Crippen LogP contribution in [0.3, 0.4) is 0 Å². The van der Waals surface area contributed by atoms with Crippen LogP contribution in [0, 0.1) is 0 Å². The number of carbonyl (C=O) groups is 1. The van der Waals surface area contributed by atoms with Crippen molar-refractivity contribution in [3.63, 3.8) is 0 Å². The lowest BCUT2D eigenvalue weighted by atomic mass is 10.0. The van der Waals surface area contributed by atoms with Crippen LogP contribution in [0.2, 0.25) is 0 Å². The first kappa shape index (κ1) is 19.1. The average Bonchev–Trinajstić information content (AvgIpc) is 2.67. The highest BCUT2D eigenvalue weighted by molar-refractivity contribution is 9.10. The van der Waals surface area contributed by atoms with Crippen LogP contribution in [-0.2, 0) is 0 Å². The number of rotatable bonds is 6. The predicted octanol–water partition coefficient (Wildman–Crippen LogP) is 3.56. The second-order valence-electron chi connectivity index (χ2n) is 6.81. The zero-order chi connectivity index (χ0) is 18.4. The van der Waals surface area contributed by atoms with E-state index in [2.05, 4.69) is 68.4 Å². The molecule has 0 bridgehead atoms. The van der Waals surface area contributed by atoms with E-state index in [0.717, 1.165) is 37.1 Å². The van der Waals surface area contributed by atoms with Crippen molar-refractivity contribution >= 4 is 21.8 Å². The van der Waals surface area contributed by atoms with Gasteiger partial charge in [-0.1, -0.05) is 42.5 Å². The number of hydrogen-bond donors (Lipinski definition) is 1. The summed E-state index contributed by atoms with van der Waals surface area (Å²) in [5.74, 6) is -0.0181. The zero-order valence-electron chi connectivity index (χ0n) is 15.2. The van der Waals surface area contributed by atoms with Gasteiger partial charge in [-0.15, -0.1) is 0 Å². The van der Waals surface area contributed by atoms with E-state index in [9.17, 15) is 4.79 Å². The summed E-state index contributed by atoms with van der Waals surface area (Å²) < 4.78 is 0.834. The molecule has 4 nitrogen and oxygen atoms in total. The van der Waals surface area contributed by atoms with Crippen LogP contribution in [0.5, 0.6) is 0 Å². The van der Waals surface area contributed by atoms with Crippen LogP contribution in [0.25, 0.3) is 0 Å². The number of piperazine rings is 1. The number of carbonyl (C=O) groups excluding carboxylic acids is 1. The van der Waals surface area contributed by atoms with Crippen molar-refractivity contribution in [2.75, 3.05) is 39.8 Å². The summed E-state index contributed by atoms with van der Waals surface area (Å²) >= 11 is 3.43. The van der Waals surface area contributed by atoms with Crippen LogP contribution in [0.15, 0.2) is 59.1 Å². The van der Waals surface area contributed by atoms with Crippen LogP contribution in [-0.4, -0.2) is 55.5 Å². The summed E-state index contributed by atoms with van der Waals surface area (Å²) in [5, 5.41) is 3.04. The Labute approximate surface area is 164 Å². The second kappa shape index (κ2) is 9.31. The third kappa shape index (κ3) is 4.93. The summed E-state index contributed by atoms with van der Waals surface area (Å²) in [6.07, 6.45) is 0.948. The Hall–Kier alpha value is -1.69. The molecule has 1 unspecified atom stereocenters. The van der Waals surface area contributed by atoms with Gasteiger partial charge in [-0.25, -0.2) is 0 Å². The lowest BCUT2D eigenvalue weighted by Gasteiger charge is -2.40. The summed E-state index contributed by atoms with van der Waals surface area (Å²) in [6, 6.07) is 18.7. The van der Waals surface area contributed by atoms with E-state index in [1.165, 1.54) is 5.56 Å². The van der Waals surface area contributed by atoms with Gasteiger partial charge < -0.3 is 10.2 Å². The number of nitrogens with one attached hydrogen (secondary N) is 1. The molecule has 1 saturated heterocycles. The van der Waals surface area contributed by atoms with Crippen molar-refractivity contribution in [2.24, 2.45) is 0 Å². The Kier molecular flexibility index (Phi) is 6.83. The fourth-order valence-electron chi connectivity index (χ4n) is 3.44. The molecule has 1 atom stereocenters. The maximum atomic E-state index is 12.3. The maximum absolute atomic E-state index is 12.3. The molecule has 2 aromatic rings. The molecule has 1 N–H and O–H groups in total. The Bertz CT molecular complexity index is 722. The number of halogens is 1. The van der Waals surface area contributed by atoms with Gasteiger partial charge in [0.25, 0.3) is 5.91 Å². The van der Waals surface area contributed by atoms with Crippen molar-refractivity contribution in [3.8, 4) is 0 Å². The van der Waals surface area contributed by atoms with Gasteiger partial charge in [0, 0.05) is 43.2 Å². The molecule has 1 amide bonds. The van der Waals surface area contributed by atoms with E-state index >= 15 is 0 Å². The first-order valence-electron chi connectivity index (χ1n) is 9.15. The Morgan fingerprint density at radius 3 is 2.62 bits per heavy atom.